The Morgan fingerprint density at radius 1 is 1.36 bits per heavy atom. The monoisotopic (exact) mass is 316 g/mol. The average molecular weight is 316 g/mol. The first kappa shape index (κ1) is 14.3. The Balaban J connectivity index is 1.68. The summed E-state index contributed by atoms with van der Waals surface area (Å²) in [4.78, 5) is 17.0. The maximum Gasteiger partial charge on any atom is 0.342 e. The Morgan fingerprint density at radius 3 is 3.00 bits per heavy atom. The molecular formula is C15H12N2O4S. The normalized spacial score (nSPS) is 10.6. The van der Waals surface area contributed by atoms with Gasteiger partial charge in [-0.2, -0.15) is 4.98 Å². The predicted molar refractivity (Wildman–Crippen MR) is 79.6 cm³/mol. The van der Waals surface area contributed by atoms with E-state index in [0.717, 1.165) is 4.88 Å². The molecule has 7 heteroatoms. The molecule has 3 rings (SSSR count). The highest BCUT2D eigenvalue weighted by Gasteiger charge is 2.16. The first-order valence-corrected chi connectivity index (χ1v) is 7.35. The van der Waals surface area contributed by atoms with E-state index in [-0.39, 0.29) is 23.8 Å². The molecule has 0 fully saturated rings. The Bertz CT molecular complexity index is 796. The fraction of sp³-hybridized carbons (Fsp3) is 0.133. The smallest absolute Gasteiger partial charge is 0.342 e. The highest BCUT2D eigenvalue weighted by atomic mass is 32.1. The third-order valence-electron chi connectivity index (χ3n) is 2.99. The van der Waals surface area contributed by atoms with Gasteiger partial charge in [-0.15, -0.1) is 11.3 Å². The number of ether oxygens (including phenoxy) is 1. The number of rotatable bonds is 4. The van der Waals surface area contributed by atoms with Crippen LogP contribution in [0.4, 0.5) is 0 Å². The number of carbonyl (C=O) groups excluding carboxylic acids is 1. The first-order chi connectivity index (χ1) is 10.6. The number of nitrogens with zero attached hydrogens (tertiary/aromatic N) is 2. The van der Waals surface area contributed by atoms with Gasteiger partial charge in [0.2, 0.25) is 5.82 Å². The number of thiophene rings is 1. The molecule has 0 radical (unpaired) electrons. The number of hydrogen-bond acceptors (Lipinski definition) is 7. The van der Waals surface area contributed by atoms with E-state index in [0.29, 0.717) is 11.4 Å². The van der Waals surface area contributed by atoms with Gasteiger partial charge in [0.1, 0.15) is 11.3 Å². The quantitative estimate of drug-likeness (QED) is 0.744. The van der Waals surface area contributed by atoms with Gasteiger partial charge in [0, 0.05) is 0 Å². The zero-order chi connectivity index (χ0) is 15.5. The Labute approximate surface area is 130 Å². The van der Waals surface area contributed by atoms with Crippen molar-refractivity contribution >= 4 is 17.3 Å². The highest BCUT2D eigenvalue weighted by Crippen LogP contribution is 2.23. The van der Waals surface area contributed by atoms with E-state index in [9.17, 15) is 9.90 Å². The summed E-state index contributed by atoms with van der Waals surface area (Å²) in [6.45, 7) is 1.56. The summed E-state index contributed by atoms with van der Waals surface area (Å²) in [6.07, 6.45) is 0. The van der Waals surface area contributed by atoms with E-state index in [1.165, 1.54) is 17.4 Å². The number of benzene rings is 1. The van der Waals surface area contributed by atoms with E-state index in [1.807, 2.05) is 17.5 Å². The molecule has 0 unspecified atom stereocenters. The summed E-state index contributed by atoms with van der Waals surface area (Å²) in [7, 11) is 0. The fourth-order valence-electron chi connectivity index (χ4n) is 1.85. The molecule has 6 nitrogen and oxygen atoms in total. The summed E-state index contributed by atoms with van der Waals surface area (Å²) in [6, 6.07) is 8.63. The van der Waals surface area contributed by atoms with Crippen LogP contribution < -0.4 is 0 Å². The number of aryl methyl sites for hydroxylation is 1. The number of phenolic OH excluding ortho intramolecular Hbond substituents is 1. The summed E-state index contributed by atoms with van der Waals surface area (Å²) < 4.78 is 10.1. The minimum absolute atomic E-state index is 0.0858. The van der Waals surface area contributed by atoms with Crippen LogP contribution in [-0.2, 0) is 11.3 Å². The van der Waals surface area contributed by atoms with Crippen LogP contribution >= 0.6 is 11.3 Å². The number of aromatic nitrogens is 2. The van der Waals surface area contributed by atoms with E-state index in [1.54, 1.807) is 19.1 Å². The van der Waals surface area contributed by atoms with Crippen LogP contribution in [0.3, 0.4) is 0 Å². The highest BCUT2D eigenvalue weighted by molar-refractivity contribution is 7.13. The lowest BCUT2D eigenvalue weighted by Crippen LogP contribution is -2.06. The summed E-state index contributed by atoms with van der Waals surface area (Å²) >= 11 is 1.49. The number of carbonyl (C=O) groups is 1. The van der Waals surface area contributed by atoms with Crippen LogP contribution in [0.2, 0.25) is 0 Å². The van der Waals surface area contributed by atoms with Crippen LogP contribution in [-0.4, -0.2) is 21.2 Å². The molecule has 0 aliphatic rings. The average Bonchev–Trinajstić information content (AvgIpc) is 3.18. The van der Waals surface area contributed by atoms with Crippen LogP contribution in [0.1, 0.15) is 21.8 Å². The minimum Gasteiger partial charge on any atom is -0.507 e. The summed E-state index contributed by atoms with van der Waals surface area (Å²) in [5.74, 6) is -0.0716. The van der Waals surface area contributed by atoms with Crippen LogP contribution in [0.5, 0.6) is 5.75 Å². The van der Waals surface area contributed by atoms with Gasteiger partial charge in [0.15, 0.2) is 6.61 Å². The molecular weight excluding hydrogens is 304 g/mol. The molecule has 0 saturated heterocycles. The largest absolute Gasteiger partial charge is 0.507 e. The zero-order valence-corrected chi connectivity index (χ0v) is 12.5. The molecule has 0 atom stereocenters. The van der Waals surface area contributed by atoms with Crippen molar-refractivity contribution in [2.24, 2.45) is 0 Å². The number of hydrogen-bond donors (Lipinski definition) is 1. The Hall–Kier alpha value is -2.67. The van der Waals surface area contributed by atoms with E-state index >= 15 is 0 Å². The number of aromatic hydroxyl groups is 1. The van der Waals surface area contributed by atoms with Crippen molar-refractivity contribution in [3.63, 3.8) is 0 Å². The van der Waals surface area contributed by atoms with Crippen molar-refractivity contribution in [2.75, 3.05) is 0 Å². The molecule has 0 spiro atoms. The van der Waals surface area contributed by atoms with E-state index < -0.39 is 5.97 Å². The number of para-hydroxylation sites is 1. The van der Waals surface area contributed by atoms with Crippen molar-refractivity contribution < 1.29 is 19.2 Å². The minimum atomic E-state index is -0.642. The molecule has 3 aromatic rings. The van der Waals surface area contributed by atoms with Gasteiger partial charge in [-0.3, -0.25) is 0 Å². The van der Waals surface area contributed by atoms with Gasteiger partial charge >= 0.3 is 5.97 Å². The zero-order valence-electron chi connectivity index (χ0n) is 11.6. The van der Waals surface area contributed by atoms with Crippen LogP contribution in [0.15, 0.2) is 40.2 Å². The van der Waals surface area contributed by atoms with Crippen molar-refractivity contribution in [3.8, 4) is 16.5 Å². The molecule has 0 aliphatic heterocycles. The molecule has 0 amide bonds. The van der Waals surface area contributed by atoms with E-state index in [4.69, 9.17) is 9.26 Å². The molecule has 1 aromatic carbocycles. The SMILES string of the molecule is Cc1cccc(C(=O)OCc2nc(-c3cccs3)no2)c1O. The first-order valence-electron chi connectivity index (χ1n) is 6.47. The lowest BCUT2D eigenvalue weighted by molar-refractivity contribution is 0.0426. The van der Waals surface area contributed by atoms with Gasteiger partial charge in [0.25, 0.3) is 5.89 Å². The maximum absolute atomic E-state index is 12.0. The van der Waals surface area contributed by atoms with Crippen LogP contribution in [0, 0.1) is 6.92 Å². The topological polar surface area (TPSA) is 85.5 Å². The molecule has 22 heavy (non-hydrogen) atoms. The molecule has 1 N–H and O–H groups in total. The van der Waals surface area contributed by atoms with Crippen molar-refractivity contribution in [3.05, 3.63) is 52.7 Å². The third kappa shape index (κ3) is 2.84. The van der Waals surface area contributed by atoms with Gasteiger partial charge in [-0.1, -0.05) is 23.4 Å². The number of phenols is 1. The van der Waals surface area contributed by atoms with Gasteiger partial charge in [-0.25, -0.2) is 4.79 Å². The Kier molecular flexibility index (Phi) is 3.88. The second-order valence-corrected chi connectivity index (χ2v) is 5.48. The molecule has 2 aromatic heterocycles. The van der Waals surface area contributed by atoms with Crippen molar-refractivity contribution in [2.45, 2.75) is 13.5 Å². The number of esters is 1. The predicted octanol–water partition coefficient (Wildman–Crippen LogP) is 3.17. The summed E-state index contributed by atoms with van der Waals surface area (Å²) in [5, 5.41) is 15.6. The molecule has 2 heterocycles. The molecule has 0 saturated carbocycles. The van der Waals surface area contributed by atoms with Gasteiger partial charge < -0.3 is 14.4 Å². The lowest BCUT2D eigenvalue weighted by atomic mass is 10.1. The maximum atomic E-state index is 12.0. The van der Waals surface area contributed by atoms with Crippen molar-refractivity contribution in [1.29, 1.82) is 0 Å². The van der Waals surface area contributed by atoms with Crippen LogP contribution in [0.25, 0.3) is 10.7 Å². The summed E-state index contributed by atoms with van der Waals surface area (Å²) in [5.41, 5.74) is 0.713. The second kappa shape index (κ2) is 5.98. The standard InChI is InChI=1S/C15H12N2O4S/c1-9-4-2-5-10(13(9)18)15(19)20-8-12-16-14(17-21-12)11-6-3-7-22-11/h2-7,18H,8H2,1H3. The lowest BCUT2D eigenvalue weighted by Gasteiger charge is -2.05. The van der Waals surface area contributed by atoms with Crippen molar-refractivity contribution in [1.82, 2.24) is 10.1 Å². The van der Waals surface area contributed by atoms with Gasteiger partial charge in [0.05, 0.1) is 4.88 Å². The Morgan fingerprint density at radius 2 is 2.23 bits per heavy atom. The van der Waals surface area contributed by atoms with Gasteiger partial charge in [-0.05, 0) is 30.0 Å². The molecule has 0 aliphatic carbocycles. The second-order valence-electron chi connectivity index (χ2n) is 4.54. The third-order valence-corrected chi connectivity index (χ3v) is 3.86. The molecule has 0 bridgehead atoms. The van der Waals surface area contributed by atoms with E-state index in [2.05, 4.69) is 10.1 Å². The molecule has 112 valence electrons. The fourth-order valence-corrected chi connectivity index (χ4v) is 2.50.